The van der Waals surface area contributed by atoms with Crippen molar-refractivity contribution in [2.75, 3.05) is 45.5 Å². The van der Waals surface area contributed by atoms with Crippen molar-refractivity contribution in [3.8, 4) is 11.5 Å². The van der Waals surface area contributed by atoms with Crippen LogP contribution in [0.3, 0.4) is 0 Å². The predicted molar refractivity (Wildman–Crippen MR) is 73.2 cm³/mol. The lowest BCUT2D eigenvalue weighted by Crippen LogP contribution is -2.46. The van der Waals surface area contributed by atoms with E-state index in [0.29, 0.717) is 19.6 Å². The summed E-state index contributed by atoms with van der Waals surface area (Å²) in [5.41, 5.74) is 0.989. The summed E-state index contributed by atoms with van der Waals surface area (Å²) in [5, 5.41) is 9.17. The predicted octanol–water partition coefficient (Wildman–Crippen LogP) is 1.29. The third-order valence-corrected chi connectivity index (χ3v) is 3.39. The average Bonchev–Trinajstić information content (AvgIpc) is 2.47. The summed E-state index contributed by atoms with van der Waals surface area (Å²) in [5.74, 6) is 1.61. The van der Waals surface area contributed by atoms with Gasteiger partial charge in [0.05, 0.1) is 39.2 Å². The molecule has 1 heterocycles. The Morgan fingerprint density at radius 2 is 2.21 bits per heavy atom. The Bertz CT molecular complexity index is 408. The number of aliphatic hydroxyl groups excluding tert-OH is 1. The van der Waals surface area contributed by atoms with Crippen LogP contribution in [0.2, 0.25) is 0 Å². The fourth-order valence-corrected chi connectivity index (χ4v) is 2.38. The fraction of sp³-hybridized carbons (Fsp3) is 0.571. The first-order valence-electron chi connectivity index (χ1n) is 6.47. The van der Waals surface area contributed by atoms with Gasteiger partial charge in [-0.05, 0) is 18.6 Å². The zero-order chi connectivity index (χ0) is 13.7. The van der Waals surface area contributed by atoms with Crippen molar-refractivity contribution >= 4 is 5.69 Å². The molecule has 0 aromatic heterocycles. The number of nitrogens with zero attached hydrogens (tertiary/aromatic N) is 1. The van der Waals surface area contributed by atoms with Crippen molar-refractivity contribution in [3.63, 3.8) is 0 Å². The Balaban J connectivity index is 2.30. The molecule has 0 spiro atoms. The van der Waals surface area contributed by atoms with E-state index in [1.54, 1.807) is 14.2 Å². The molecule has 1 atom stereocenters. The number of ether oxygens (including phenoxy) is 3. The number of aliphatic hydroxyl groups is 1. The second-order valence-electron chi connectivity index (χ2n) is 4.47. The first-order chi connectivity index (χ1) is 9.30. The fourth-order valence-electron chi connectivity index (χ4n) is 2.38. The third-order valence-electron chi connectivity index (χ3n) is 3.39. The zero-order valence-corrected chi connectivity index (χ0v) is 11.5. The van der Waals surface area contributed by atoms with Crippen LogP contribution in [0.4, 0.5) is 5.69 Å². The smallest absolute Gasteiger partial charge is 0.142 e. The maximum atomic E-state index is 9.17. The standard InChI is InChI=1S/C14H21NO4/c1-17-12-3-4-14(18-2)13(9-12)15-6-8-19-10-11(15)5-7-16/h3-4,9,11,16H,5-8,10H2,1-2H3. The van der Waals surface area contributed by atoms with E-state index in [4.69, 9.17) is 14.2 Å². The van der Waals surface area contributed by atoms with Gasteiger partial charge in [-0.15, -0.1) is 0 Å². The maximum Gasteiger partial charge on any atom is 0.142 e. The highest BCUT2D eigenvalue weighted by molar-refractivity contribution is 5.62. The van der Waals surface area contributed by atoms with E-state index in [-0.39, 0.29) is 12.6 Å². The highest BCUT2D eigenvalue weighted by Crippen LogP contribution is 2.34. The first kappa shape index (κ1) is 14.0. The summed E-state index contributed by atoms with van der Waals surface area (Å²) >= 11 is 0. The highest BCUT2D eigenvalue weighted by Gasteiger charge is 2.25. The van der Waals surface area contributed by atoms with Gasteiger partial charge in [0.25, 0.3) is 0 Å². The van der Waals surface area contributed by atoms with Crippen LogP contribution in [0.5, 0.6) is 11.5 Å². The van der Waals surface area contributed by atoms with Crippen LogP contribution >= 0.6 is 0 Å². The molecule has 1 aliphatic rings. The first-order valence-corrected chi connectivity index (χ1v) is 6.47. The molecular weight excluding hydrogens is 246 g/mol. The molecule has 1 fully saturated rings. The molecule has 19 heavy (non-hydrogen) atoms. The quantitative estimate of drug-likeness (QED) is 0.871. The molecule has 0 radical (unpaired) electrons. The van der Waals surface area contributed by atoms with Crippen molar-refractivity contribution in [1.82, 2.24) is 0 Å². The maximum absolute atomic E-state index is 9.17. The minimum atomic E-state index is 0.150. The molecule has 1 N–H and O–H groups in total. The zero-order valence-electron chi connectivity index (χ0n) is 11.5. The third kappa shape index (κ3) is 3.11. The topological polar surface area (TPSA) is 51.2 Å². The van der Waals surface area contributed by atoms with Crippen molar-refractivity contribution in [2.45, 2.75) is 12.5 Å². The summed E-state index contributed by atoms with van der Waals surface area (Å²) in [7, 11) is 3.31. The number of rotatable bonds is 5. The van der Waals surface area contributed by atoms with Crippen LogP contribution in [-0.2, 0) is 4.74 Å². The molecule has 0 aliphatic carbocycles. The van der Waals surface area contributed by atoms with Gasteiger partial charge >= 0.3 is 0 Å². The van der Waals surface area contributed by atoms with E-state index in [2.05, 4.69) is 4.90 Å². The van der Waals surface area contributed by atoms with Crippen molar-refractivity contribution in [1.29, 1.82) is 0 Å². The number of methoxy groups -OCH3 is 2. The molecule has 5 nitrogen and oxygen atoms in total. The van der Waals surface area contributed by atoms with Crippen LogP contribution in [0.25, 0.3) is 0 Å². The minimum Gasteiger partial charge on any atom is -0.497 e. The van der Waals surface area contributed by atoms with Gasteiger partial charge in [0.15, 0.2) is 0 Å². The average molecular weight is 267 g/mol. The van der Waals surface area contributed by atoms with Gasteiger partial charge in [-0.2, -0.15) is 0 Å². The van der Waals surface area contributed by atoms with Gasteiger partial charge in [0.1, 0.15) is 11.5 Å². The number of anilines is 1. The summed E-state index contributed by atoms with van der Waals surface area (Å²) < 4.78 is 16.2. The van der Waals surface area contributed by atoms with Gasteiger partial charge in [-0.1, -0.05) is 0 Å². The number of hydrogen-bond acceptors (Lipinski definition) is 5. The Labute approximate surface area is 113 Å². The summed E-state index contributed by atoms with van der Waals surface area (Å²) in [6, 6.07) is 5.91. The molecule has 2 rings (SSSR count). The molecule has 0 amide bonds. The van der Waals surface area contributed by atoms with Crippen LogP contribution in [-0.4, -0.2) is 51.7 Å². The van der Waals surface area contributed by atoms with E-state index < -0.39 is 0 Å². The molecule has 1 unspecified atom stereocenters. The number of morpholine rings is 1. The molecule has 0 bridgehead atoms. The van der Waals surface area contributed by atoms with Gasteiger partial charge in [-0.25, -0.2) is 0 Å². The highest BCUT2D eigenvalue weighted by atomic mass is 16.5. The second-order valence-corrected chi connectivity index (χ2v) is 4.47. The van der Waals surface area contributed by atoms with Crippen molar-refractivity contribution < 1.29 is 19.3 Å². The number of benzene rings is 1. The van der Waals surface area contributed by atoms with Crippen LogP contribution in [0, 0.1) is 0 Å². The lowest BCUT2D eigenvalue weighted by Gasteiger charge is -2.37. The Morgan fingerprint density at radius 1 is 1.37 bits per heavy atom. The molecule has 1 aromatic rings. The van der Waals surface area contributed by atoms with E-state index in [0.717, 1.165) is 23.7 Å². The summed E-state index contributed by atoms with van der Waals surface area (Å²) in [6.07, 6.45) is 0.681. The lowest BCUT2D eigenvalue weighted by molar-refractivity contribution is 0.0847. The number of hydrogen-bond donors (Lipinski definition) is 1. The molecule has 1 saturated heterocycles. The van der Waals surface area contributed by atoms with Gasteiger partial charge in [0.2, 0.25) is 0 Å². The summed E-state index contributed by atoms with van der Waals surface area (Å²) in [4.78, 5) is 2.22. The van der Waals surface area contributed by atoms with E-state index in [1.165, 1.54) is 0 Å². The van der Waals surface area contributed by atoms with Gasteiger partial charge < -0.3 is 24.2 Å². The largest absolute Gasteiger partial charge is 0.497 e. The SMILES string of the molecule is COc1ccc(OC)c(N2CCOCC2CCO)c1. The minimum absolute atomic E-state index is 0.150. The normalized spacial score (nSPS) is 19.3. The van der Waals surface area contributed by atoms with Crippen molar-refractivity contribution in [3.05, 3.63) is 18.2 Å². The van der Waals surface area contributed by atoms with Gasteiger partial charge in [0, 0.05) is 19.2 Å². The second kappa shape index (κ2) is 6.63. The van der Waals surface area contributed by atoms with E-state index in [1.807, 2.05) is 18.2 Å². The van der Waals surface area contributed by atoms with Crippen LogP contribution in [0.15, 0.2) is 18.2 Å². The van der Waals surface area contributed by atoms with Crippen LogP contribution in [0.1, 0.15) is 6.42 Å². The lowest BCUT2D eigenvalue weighted by atomic mass is 10.1. The molecule has 5 heteroatoms. The Kier molecular flexibility index (Phi) is 4.87. The molecular formula is C14H21NO4. The monoisotopic (exact) mass is 267 g/mol. The van der Waals surface area contributed by atoms with Crippen molar-refractivity contribution in [2.24, 2.45) is 0 Å². The molecule has 1 aliphatic heterocycles. The van der Waals surface area contributed by atoms with Crippen LogP contribution < -0.4 is 14.4 Å². The molecule has 0 saturated carbocycles. The Hall–Kier alpha value is -1.46. The molecule has 106 valence electrons. The molecule has 1 aromatic carbocycles. The van der Waals surface area contributed by atoms with E-state index >= 15 is 0 Å². The van der Waals surface area contributed by atoms with Gasteiger partial charge in [-0.3, -0.25) is 0 Å². The summed E-state index contributed by atoms with van der Waals surface area (Å²) in [6.45, 7) is 2.24. The van der Waals surface area contributed by atoms with E-state index in [9.17, 15) is 5.11 Å². The Morgan fingerprint density at radius 3 is 2.89 bits per heavy atom.